The SMILES string of the molecule is COc1ccc(S(=O)(=O)N2c3c(C)ccc(C)c3C(C)CC23CCCCC3)cc1. The normalized spacial score (nSPS) is 21.1. The summed E-state index contributed by atoms with van der Waals surface area (Å²) in [6, 6.07) is 11.0. The van der Waals surface area contributed by atoms with Crippen LogP contribution in [0.3, 0.4) is 0 Å². The molecule has 4 nitrogen and oxygen atoms in total. The number of benzene rings is 2. The van der Waals surface area contributed by atoms with Crippen molar-refractivity contribution in [3.63, 3.8) is 0 Å². The van der Waals surface area contributed by atoms with Crippen LogP contribution in [0.25, 0.3) is 0 Å². The second-order valence-electron chi connectivity index (χ2n) is 8.80. The highest BCUT2D eigenvalue weighted by Gasteiger charge is 2.50. The van der Waals surface area contributed by atoms with Crippen molar-refractivity contribution in [3.8, 4) is 5.75 Å². The predicted molar refractivity (Wildman–Crippen MR) is 117 cm³/mol. The van der Waals surface area contributed by atoms with Crippen LogP contribution in [0.4, 0.5) is 5.69 Å². The molecule has 1 heterocycles. The lowest BCUT2D eigenvalue weighted by molar-refractivity contribution is 0.257. The summed E-state index contributed by atoms with van der Waals surface area (Å²) in [5.74, 6) is 1.02. The minimum Gasteiger partial charge on any atom is -0.497 e. The molecule has 1 unspecified atom stereocenters. The Bertz CT molecular complexity index is 1010. The Balaban J connectivity index is 1.96. The summed E-state index contributed by atoms with van der Waals surface area (Å²) < 4.78 is 35.2. The van der Waals surface area contributed by atoms with Gasteiger partial charge in [0.2, 0.25) is 0 Å². The summed E-state index contributed by atoms with van der Waals surface area (Å²) in [5.41, 5.74) is 4.00. The van der Waals surface area contributed by atoms with E-state index in [4.69, 9.17) is 4.74 Å². The third-order valence-electron chi connectivity index (χ3n) is 6.83. The maximum absolute atomic E-state index is 14.1. The highest BCUT2D eigenvalue weighted by atomic mass is 32.2. The molecule has 0 saturated heterocycles. The van der Waals surface area contributed by atoms with Crippen LogP contribution in [0.15, 0.2) is 41.3 Å². The van der Waals surface area contributed by atoms with Crippen molar-refractivity contribution in [1.82, 2.24) is 0 Å². The Morgan fingerprint density at radius 2 is 1.59 bits per heavy atom. The van der Waals surface area contributed by atoms with Gasteiger partial charge in [-0.05, 0) is 80.0 Å². The molecule has 0 amide bonds. The molecule has 2 aromatic rings. The number of hydrogen-bond donors (Lipinski definition) is 0. The number of anilines is 1. The summed E-state index contributed by atoms with van der Waals surface area (Å²) in [5, 5.41) is 0. The quantitative estimate of drug-likeness (QED) is 0.647. The molecule has 1 fully saturated rings. The molecule has 1 aliphatic heterocycles. The van der Waals surface area contributed by atoms with Crippen molar-refractivity contribution in [1.29, 1.82) is 0 Å². The van der Waals surface area contributed by atoms with Crippen molar-refractivity contribution in [2.75, 3.05) is 11.4 Å². The predicted octanol–water partition coefficient (Wildman–Crippen LogP) is 5.72. The van der Waals surface area contributed by atoms with Gasteiger partial charge in [0.05, 0.1) is 23.2 Å². The molecule has 2 aliphatic rings. The van der Waals surface area contributed by atoms with Gasteiger partial charge in [0.1, 0.15) is 5.75 Å². The zero-order valence-electron chi connectivity index (χ0n) is 17.9. The zero-order valence-corrected chi connectivity index (χ0v) is 18.7. The van der Waals surface area contributed by atoms with E-state index in [1.807, 2.05) is 11.2 Å². The van der Waals surface area contributed by atoms with Gasteiger partial charge < -0.3 is 4.74 Å². The number of sulfonamides is 1. The number of ether oxygens (including phenoxy) is 1. The summed E-state index contributed by atoms with van der Waals surface area (Å²) in [4.78, 5) is 0.338. The van der Waals surface area contributed by atoms with Gasteiger partial charge in [-0.15, -0.1) is 0 Å². The molecular formula is C24H31NO3S. The Morgan fingerprint density at radius 3 is 2.21 bits per heavy atom. The topological polar surface area (TPSA) is 46.6 Å². The monoisotopic (exact) mass is 413 g/mol. The lowest BCUT2D eigenvalue weighted by Crippen LogP contribution is -2.56. The maximum atomic E-state index is 14.1. The Hall–Kier alpha value is -2.01. The van der Waals surface area contributed by atoms with Crippen LogP contribution in [-0.2, 0) is 10.0 Å². The lowest BCUT2D eigenvalue weighted by Gasteiger charge is -2.52. The molecule has 1 spiro atoms. The second kappa shape index (κ2) is 7.35. The Labute approximate surface area is 174 Å². The van der Waals surface area contributed by atoms with Crippen LogP contribution in [0, 0.1) is 13.8 Å². The van der Waals surface area contributed by atoms with Gasteiger partial charge in [-0.3, -0.25) is 4.31 Å². The van der Waals surface area contributed by atoms with Crippen LogP contribution in [0.1, 0.15) is 68.1 Å². The van der Waals surface area contributed by atoms with E-state index in [1.54, 1.807) is 31.4 Å². The van der Waals surface area contributed by atoms with Gasteiger partial charge in [-0.2, -0.15) is 0 Å². The van der Waals surface area contributed by atoms with E-state index in [0.717, 1.165) is 43.4 Å². The molecule has 5 heteroatoms. The van der Waals surface area contributed by atoms with E-state index in [1.165, 1.54) is 17.5 Å². The molecule has 29 heavy (non-hydrogen) atoms. The Morgan fingerprint density at radius 1 is 0.966 bits per heavy atom. The number of rotatable bonds is 3. The lowest BCUT2D eigenvalue weighted by atomic mass is 9.70. The molecule has 4 rings (SSSR count). The summed E-state index contributed by atoms with van der Waals surface area (Å²) in [7, 11) is -2.10. The number of aryl methyl sites for hydroxylation is 2. The molecule has 1 atom stereocenters. The molecule has 156 valence electrons. The highest BCUT2D eigenvalue weighted by Crippen LogP contribution is 2.53. The second-order valence-corrected chi connectivity index (χ2v) is 10.6. The van der Waals surface area contributed by atoms with E-state index in [-0.39, 0.29) is 5.54 Å². The Kier molecular flexibility index (Phi) is 5.14. The van der Waals surface area contributed by atoms with E-state index in [2.05, 4.69) is 26.0 Å². The number of fused-ring (bicyclic) bond motifs is 1. The smallest absolute Gasteiger partial charge is 0.264 e. The average molecular weight is 414 g/mol. The van der Waals surface area contributed by atoms with Crippen molar-refractivity contribution >= 4 is 15.7 Å². The van der Waals surface area contributed by atoms with E-state index >= 15 is 0 Å². The molecule has 0 bridgehead atoms. The standard InChI is InChI=1S/C24H31NO3S/c1-17-8-9-18(2)23-22(17)19(3)16-24(14-6-5-7-15-24)25(23)29(26,27)21-12-10-20(28-4)11-13-21/h8-13,19H,5-7,14-16H2,1-4H3. The van der Waals surface area contributed by atoms with Crippen LogP contribution in [0.5, 0.6) is 5.75 Å². The average Bonchev–Trinajstić information content (AvgIpc) is 2.71. The van der Waals surface area contributed by atoms with Crippen molar-refractivity contribution in [2.24, 2.45) is 0 Å². The van der Waals surface area contributed by atoms with Crippen LogP contribution in [0.2, 0.25) is 0 Å². The molecule has 1 aliphatic carbocycles. The molecule has 0 aromatic heterocycles. The first-order valence-electron chi connectivity index (χ1n) is 10.6. The van der Waals surface area contributed by atoms with Gasteiger partial charge in [-0.1, -0.05) is 38.3 Å². The highest BCUT2D eigenvalue weighted by molar-refractivity contribution is 7.93. The van der Waals surface area contributed by atoms with Gasteiger partial charge >= 0.3 is 0 Å². The van der Waals surface area contributed by atoms with E-state index < -0.39 is 10.0 Å². The first kappa shape index (κ1) is 20.3. The molecule has 0 radical (unpaired) electrons. The summed E-state index contributed by atoms with van der Waals surface area (Å²) >= 11 is 0. The van der Waals surface area contributed by atoms with E-state index in [0.29, 0.717) is 16.6 Å². The first-order chi connectivity index (χ1) is 13.8. The van der Waals surface area contributed by atoms with Crippen molar-refractivity contribution in [2.45, 2.75) is 75.6 Å². The maximum Gasteiger partial charge on any atom is 0.264 e. The molecule has 0 N–H and O–H groups in total. The molecule has 2 aromatic carbocycles. The van der Waals surface area contributed by atoms with Gasteiger partial charge in [0.15, 0.2) is 0 Å². The van der Waals surface area contributed by atoms with Crippen LogP contribution >= 0.6 is 0 Å². The third-order valence-corrected chi connectivity index (χ3v) is 8.75. The minimum absolute atomic E-state index is 0.331. The summed E-state index contributed by atoms with van der Waals surface area (Å²) in [6.07, 6.45) is 6.11. The largest absolute Gasteiger partial charge is 0.497 e. The van der Waals surface area contributed by atoms with Crippen LogP contribution in [-0.4, -0.2) is 21.1 Å². The molecule has 1 saturated carbocycles. The number of nitrogens with zero attached hydrogens (tertiary/aromatic N) is 1. The number of hydrogen-bond acceptors (Lipinski definition) is 3. The zero-order chi connectivity index (χ0) is 20.8. The minimum atomic E-state index is -3.69. The van der Waals surface area contributed by atoms with Gasteiger partial charge in [-0.25, -0.2) is 8.42 Å². The third kappa shape index (κ3) is 3.24. The van der Waals surface area contributed by atoms with Crippen LogP contribution < -0.4 is 9.04 Å². The van der Waals surface area contributed by atoms with E-state index in [9.17, 15) is 8.42 Å². The van der Waals surface area contributed by atoms with Crippen molar-refractivity contribution < 1.29 is 13.2 Å². The van der Waals surface area contributed by atoms with Crippen molar-refractivity contribution in [3.05, 3.63) is 53.1 Å². The molecular weight excluding hydrogens is 382 g/mol. The fourth-order valence-corrected chi connectivity index (χ4v) is 7.49. The first-order valence-corrected chi connectivity index (χ1v) is 12.0. The van der Waals surface area contributed by atoms with Gasteiger partial charge in [0.25, 0.3) is 10.0 Å². The van der Waals surface area contributed by atoms with Gasteiger partial charge in [0, 0.05) is 0 Å². The fraction of sp³-hybridized carbons (Fsp3) is 0.500. The fourth-order valence-electron chi connectivity index (χ4n) is 5.55. The number of methoxy groups -OCH3 is 1. The summed E-state index contributed by atoms with van der Waals surface area (Å²) in [6.45, 7) is 6.41.